The number of rotatable bonds is 1. The summed E-state index contributed by atoms with van der Waals surface area (Å²) >= 11 is 1.77. The van der Waals surface area contributed by atoms with Crippen LogP contribution in [0.1, 0.15) is 11.3 Å². The average Bonchev–Trinajstić information content (AvgIpc) is 2.43. The molecule has 112 valence electrons. The van der Waals surface area contributed by atoms with Gasteiger partial charge in [-0.15, -0.1) is 0 Å². The lowest BCUT2D eigenvalue weighted by Gasteiger charge is -2.14. The molecule has 0 atom stereocenters. The molecule has 0 fully saturated rings. The van der Waals surface area contributed by atoms with Crippen molar-refractivity contribution in [1.29, 1.82) is 0 Å². The van der Waals surface area contributed by atoms with Gasteiger partial charge < -0.3 is 0 Å². The molecule has 8 heteroatoms. The van der Waals surface area contributed by atoms with Crippen molar-refractivity contribution in [2.75, 3.05) is 0 Å². The highest BCUT2D eigenvalue weighted by molar-refractivity contribution is 14.1. The minimum atomic E-state index is -4.50. The van der Waals surface area contributed by atoms with Crippen LogP contribution in [-0.2, 0) is 13.2 Å². The van der Waals surface area contributed by atoms with Crippen LogP contribution >= 0.6 is 22.6 Å². The third kappa shape index (κ3) is 2.76. The summed E-state index contributed by atoms with van der Waals surface area (Å²) in [5.41, 5.74) is -1.63. The fourth-order valence-corrected chi connectivity index (χ4v) is 2.51. The molecule has 0 amide bonds. The summed E-state index contributed by atoms with van der Waals surface area (Å²) in [5, 5.41) is 0. The first kappa shape index (κ1) is 15.8. The summed E-state index contributed by atoms with van der Waals surface area (Å²) in [6.45, 7) is 1.52. The van der Waals surface area contributed by atoms with Crippen molar-refractivity contribution in [3.05, 3.63) is 59.9 Å². The molecular weight excluding hydrogens is 400 g/mol. The topological polar surface area (TPSA) is 44.0 Å². The van der Waals surface area contributed by atoms with E-state index < -0.39 is 23.0 Å². The number of hydrogen-bond donors (Lipinski definition) is 0. The lowest BCUT2D eigenvalue weighted by Crippen LogP contribution is -2.40. The summed E-state index contributed by atoms with van der Waals surface area (Å²) in [6.07, 6.45) is -4.50. The number of nitrogens with zero attached hydrogens (tertiary/aromatic N) is 2. The number of hydrogen-bond acceptors (Lipinski definition) is 2. The minimum absolute atomic E-state index is 0.0702. The Kier molecular flexibility index (Phi) is 4.00. The zero-order chi connectivity index (χ0) is 15.9. The van der Waals surface area contributed by atoms with Gasteiger partial charge in [0, 0.05) is 12.7 Å². The number of benzene rings is 1. The Bertz CT molecular complexity index is 822. The van der Waals surface area contributed by atoms with Gasteiger partial charge in [-0.25, -0.2) is 4.79 Å². The van der Waals surface area contributed by atoms with E-state index in [0.29, 0.717) is 5.69 Å². The number of halogens is 4. The van der Waals surface area contributed by atoms with E-state index in [1.807, 2.05) is 0 Å². The Balaban J connectivity index is 2.81. The molecule has 2 rings (SSSR count). The lowest BCUT2D eigenvalue weighted by atomic mass is 10.2. The van der Waals surface area contributed by atoms with E-state index in [1.54, 1.807) is 22.6 Å². The summed E-state index contributed by atoms with van der Waals surface area (Å²) in [4.78, 5) is 23.9. The Morgan fingerprint density at radius 1 is 1.19 bits per heavy atom. The van der Waals surface area contributed by atoms with Crippen molar-refractivity contribution >= 4 is 22.6 Å². The van der Waals surface area contributed by atoms with Crippen LogP contribution < -0.4 is 11.2 Å². The molecule has 1 heterocycles. The zero-order valence-corrected chi connectivity index (χ0v) is 13.2. The standard InChI is InChI=1S/C13H10F3IN2O2/c1-7-10(17)11(20)18(2)12(21)19(7)9-5-3-4-8(6-9)13(14,15)16/h3-6H,1-2H3. The number of alkyl halides is 3. The van der Waals surface area contributed by atoms with Crippen molar-refractivity contribution in [2.24, 2.45) is 7.05 Å². The minimum Gasteiger partial charge on any atom is -0.268 e. The van der Waals surface area contributed by atoms with Crippen molar-refractivity contribution in [3.63, 3.8) is 0 Å². The van der Waals surface area contributed by atoms with Crippen LogP contribution in [0.2, 0.25) is 0 Å². The first-order valence-electron chi connectivity index (χ1n) is 5.80. The average molecular weight is 410 g/mol. The molecule has 0 spiro atoms. The van der Waals surface area contributed by atoms with Crippen molar-refractivity contribution in [1.82, 2.24) is 9.13 Å². The van der Waals surface area contributed by atoms with Gasteiger partial charge in [0.2, 0.25) is 0 Å². The van der Waals surface area contributed by atoms with E-state index in [1.165, 1.54) is 26.1 Å². The SMILES string of the molecule is Cc1c(I)c(=O)n(C)c(=O)n1-c1cccc(C(F)(F)F)c1. The molecule has 1 aromatic carbocycles. The Morgan fingerprint density at radius 2 is 1.81 bits per heavy atom. The summed E-state index contributed by atoms with van der Waals surface area (Å²) in [5.74, 6) is 0. The maximum atomic E-state index is 12.8. The highest BCUT2D eigenvalue weighted by atomic mass is 127. The predicted octanol–water partition coefficient (Wildman–Crippen LogP) is 2.47. The summed E-state index contributed by atoms with van der Waals surface area (Å²) < 4.78 is 40.5. The fraction of sp³-hybridized carbons (Fsp3) is 0.231. The van der Waals surface area contributed by atoms with Crippen LogP contribution in [0.15, 0.2) is 33.9 Å². The van der Waals surface area contributed by atoms with Gasteiger partial charge in [0.25, 0.3) is 5.56 Å². The molecule has 0 aliphatic rings. The Morgan fingerprint density at radius 3 is 2.38 bits per heavy atom. The van der Waals surface area contributed by atoms with E-state index in [9.17, 15) is 22.8 Å². The van der Waals surface area contributed by atoms with Crippen LogP contribution in [0.25, 0.3) is 5.69 Å². The van der Waals surface area contributed by atoms with E-state index in [2.05, 4.69) is 0 Å². The quantitative estimate of drug-likeness (QED) is 0.679. The second-order valence-corrected chi connectivity index (χ2v) is 5.51. The molecule has 0 saturated carbocycles. The van der Waals surface area contributed by atoms with Gasteiger partial charge in [-0.3, -0.25) is 13.9 Å². The number of aromatic nitrogens is 2. The molecule has 0 unspecified atom stereocenters. The molecule has 0 N–H and O–H groups in total. The molecule has 0 saturated heterocycles. The molecular formula is C13H10F3IN2O2. The van der Waals surface area contributed by atoms with Gasteiger partial charge in [-0.05, 0) is 47.7 Å². The van der Waals surface area contributed by atoms with Crippen LogP contribution in [-0.4, -0.2) is 9.13 Å². The van der Waals surface area contributed by atoms with E-state index >= 15 is 0 Å². The molecule has 2 aromatic rings. The van der Waals surface area contributed by atoms with Crippen LogP contribution in [0, 0.1) is 10.5 Å². The molecule has 0 bridgehead atoms. The van der Waals surface area contributed by atoms with Gasteiger partial charge in [0.05, 0.1) is 14.8 Å². The Hall–Kier alpha value is -1.58. The second kappa shape index (κ2) is 5.32. The molecule has 0 radical (unpaired) electrons. The van der Waals surface area contributed by atoms with Crippen LogP contribution in [0.3, 0.4) is 0 Å². The van der Waals surface area contributed by atoms with E-state index in [4.69, 9.17) is 0 Å². The summed E-state index contributed by atoms with van der Waals surface area (Å²) in [7, 11) is 1.29. The van der Waals surface area contributed by atoms with Crippen LogP contribution in [0.5, 0.6) is 0 Å². The van der Waals surface area contributed by atoms with Crippen molar-refractivity contribution in [3.8, 4) is 5.69 Å². The van der Waals surface area contributed by atoms with Crippen molar-refractivity contribution in [2.45, 2.75) is 13.1 Å². The predicted molar refractivity (Wildman–Crippen MR) is 79.7 cm³/mol. The van der Waals surface area contributed by atoms with E-state index in [0.717, 1.165) is 21.3 Å². The second-order valence-electron chi connectivity index (χ2n) is 4.43. The summed E-state index contributed by atoms with van der Waals surface area (Å²) in [6, 6.07) is 4.43. The third-order valence-electron chi connectivity index (χ3n) is 3.06. The Labute approximate surface area is 131 Å². The van der Waals surface area contributed by atoms with Gasteiger partial charge in [0.1, 0.15) is 0 Å². The van der Waals surface area contributed by atoms with Crippen molar-refractivity contribution < 1.29 is 13.2 Å². The molecule has 4 nitrogen and oxygen atoms in total. The highest BCUT2D eigenvalue weighted by Crippen LogP contribution is 2.30. The van der Waals surface area contributed by atoms with Crippen LogP contribution in [0.4, 0.5) is 13.2 Å². The first-order valence-corrected chi connectivity index (χ1v) is 6.88. The fourth-order valence-electron chi connectivity index (χ4n) is 1.91. The monoisotopic (exact) mass is 410 g/mol. The lowest BCUT2D eigenvalue weighted by molar-refractivity contribution is -0.137. The largest absolute Gasteiger partial charge is 0.416 e. The highest BCUT2D eigenvalue weighted by Gasteiger charge is 2.30. The van der Waals surface area contributed by atoms with Gasteiger partial charge >= 0.3 is 11.9 Å². The first-order chi connectivity index (χ1) is 9.64. The van der Waals surface area contributed by atoms with Gasteiger partial charge in [-0.1, -0.05) is 6.07 Å². The maximum Gasteiger partial charge on any atom is 0.416 e. The normalized spacial score (nSPS) is 11.7. The molecule has 0 aliphatic carbocycles. The van der Waals surface area contributed by atoms with Gasteiger partial charge in [0.15, 0.2) is 0 Å². The molecule has 21 heavy (non-hydrogen) atoms. The maximum absolute atomic E-state index is 12.8. The molecule has 0 aliphatic heterocycles. The zero-order valence-electron chi connectivity index (χ0n) is 11.0. The van der Waals surface area contributed by atoms with E-state index in [-0.39, 0.29) is 9.26 Å². The van der Waals surface area contributed by atoms with Gasteiger partial charge in [-0.2, -0.15) is 13.2 Å². The third-order valence-corrected chi connectivity index (χ3v) is 4.30. The smallest absolute Gasteiger partial charge is 0.268 e. The molecule has 1 aromatic heterocycles.